The summed E-state index contributed by atoms with van der Waals surface area (Å²) in [6, 6.07) is 0. The zero-order chi connectivity index (χ0) is 12.8. The van der Waals surface area contributed by atoms with Crippen molar-refractivity contribution in [3.05, 3.63) is 10.4 Å². The van der Waals surface area contributed by atoms with Crippen LogP contribution in [0.5, 0.6) is 0 Å². The molecule has 0 spiro atoms. The quantitative estimate of drug-likeness (QED) is 0.252. The van der Waals surface area contributed by atoms with E-state index in [1.165, 1.54) is 0 Å². The highest BCUT2D eigenvalue weighted by Crippen LogP contribution is 2.22. The molecule has 0 aromatic rings. The van der Waals surface area contributed by atoms with E-state index in [4.69, 9.17) is 15.0 Å². The van der Waals surface area contributed by atoms with Crippen molar-refractivity contribution in [2.75, 3.05) is 19.8 Å². The van der Waals surface area contributed by atoms with Crippen molar-refractivity contribution in [2.24, 2.45) is 5.11 Å². The molecule has 0 saturated carbocycles. The maximum atomic E-state index is 12.4. The summed E-state index contributed by atoms with van der Waals surface area (Å²) >= 11 is 0. The van der Waals surface area contributed by atoms with Crippen LogP contribution in [0.2, 0.25) is 0 Å². The molecule has 1 aliphatic heterocycles. The van der Waals surface area contributed by atoms with E-state index in [1.54, 1.807) is 0 Å². The molecule has 2 unspecified atom stereocenters. The van der Waals surface area contributed by atoms with Crippen molar-refractivity contribution >= 4 is 0 Å². The Balaban J connectivity index is 2.50. The fraction of sp³-hybridized carbons (Fsp3) is 1.00. The highest BCUT2D eigenvalue weighted by atomic mass is 18.2. The third kappa shape index (κ3) is 3.50. The van der Waals surface area contributed by atoms with Gasteiger partial charge in [0.25, 0.3) is 0 Å². The second kappa shape index (κ2) is 6.70. The topological polar surface area (TPSA) is 128 Å². The molecule has 0 bridgehead atoms. The van der Waals surface area contributed by atoms with Crippen molar-refractivity contribution in [1.82, 2.24) is 0 Å². The van der Waals surface area contributed by atoms with Crippen molar-refractivity contribution in [2.45, 2.75) is 30.7 Å². The molecule has 17 heavy (non-hydrogen) atoms. The van der Waals surface area contributed by atoms with Crippen LogP contribution >= 0.6 is 0 Å². The third-order valence-corrected chi connectivity index (χ3v) is 2.36. The van der Waals surface area contributed by atoms with E-state index in [0.717, 1.165) is 0 Å². The summed E-state index contributed by atoms with van der Waals surface area (Å²) in [4.78, 5) is 2.49. The normalized spacial score (nSPS) is 37.5. The Kier molecular flexibility index (Phi) is 5.56. The average Bonchev–Trinajstić information content (AvgIpc) is 2.34. The Morgan fingerprint density at radius 1 is 1.29 bits per heavy atom. The monoisotopic (exact) mass is 250 g/mol. The standard InChI is InChI=1S/C8H14FN3O5/c9-3-4-5(13)6(14)7(15)8(17-4)16-2-1-11-12-10/h4-8,13-15H,1-3H2/t4?,5-,6+,7?,8-/m1/s1/i9-1. The number of halogens is 1. The number of aliphatic hydroxyl groups is 3. The minimum atomic E-state index is -1.55. The van der Waals surface area contributed by atoms with Crippen LogP contribution in [0.1, 0.15) is 0 Å². The summed E-state index contributed by atoms with van der Waals surface area (Å²) in [5.41, 5.74) is 8.01. The molecular weight excluding hydrogens is 236 g/mol. The lowest BCUT2D eigenvalue weighted by atomic mass is 10.00. The van der Waals surface area contributed by atoms with E-state index in [0.29, 0.717) is 0 Å². The predicted molar refractivity (Wildman–Crippen MR) is 52.6 cm³/mol. The SMILES string of the molecule is [N-]=[N+]=NCCO[C@@H]1OC(C[18F])[C@@H](O)[C@H](O)C1O. The summed E-state index contributed by atoms with van der Waals surface area (Å²) < 4.78 is 22.3. The van der Waals surface area contributed by atoms with Gasteiger partial charge in [-0.2, -0.15) is 0 Å². The van der Waals surface area contributed by atoms with Gasteiger partial charge in [0.1, 0.15) is 31.1 Å². The Bertz CT molecular complexity index is 286. The highest BCUT2D eigenvalue weighted by molar-refractivity contribution is 4.88. The van der Waals surface area contributed by atoms with Gasteiger partial charge in [-0.15, -0.1) is 0 Å². The number of hydrogen-bond donors (Lipinski definition) is 3. The molecule has 1 aliphatic rings. The Morgan fingerprint density at radius 3 is 2.59 bits per heavy atom. The minimum Gasteiger partial charge on any atom is -0.387 e. The number of rotatable bonds is 5. The average molecular weight is 250 g/mol. The summed E-state index contributed by atoms with van der Waals surface area (Å²) in [5, 5.41) is 31.4. The summed E-state index contributed by atoms with van der Waals surface area (Å²) in [6.07, 6.45) is -7.05. The number of alkyl halides is 1. The van der Waals surface area contributed by atoms with Crippen LogP contribution in [0.25, 0.3) is 10.4 Å². The largest absolute Gasteiger partial charge is 0.387 e. The zero-order valence-electron chi connectivity index (χ0n) is 8.89. The van der Waals surface area contributed by atoms with Crippen LogP contribution < -0.4 is 0 Å². The Hall–Kier alpha value is -0.960. The molecule has 1 fully saturated rings. The molecule has 5 atom stereocenters. The molecule has 1 rings (SSSR count). The molecule has 1 saturated heterocycles. The molecule has 3 N–H and O–H groups in total. The van der Waals surface area contributed by atoms with Gasteiger partial charge in [-0.05, 0) is 5.53 Å². The summed E-state index contributed by atoms with van der Waals surface area (Å²) in [5.74, 6) is 0. The highest BCUT2D eigenvalue weighted by Gasteiger charge is 2.44. The van der Waals surface area contributed by atoms with Gasteiger partial charge < -0.3 is 24.8 Å². The Labute approximate surface area is 96.2 Å². The van der Waals surface area contributed by atoms with Crippen molar-refractivity contribution in [1.29, 1.82) is 0 Å². The zero-order valence-corrected chi connectivity index (χ0v) is 8.89. The number of nitrogens with zero attached hydrogens (tertiary/aromatic N) is 3. The minimum absolute atomic E-state index is 0.0159. The summed E-state index contributed by atoms with van der Waals surface area (Å²) in [7, 11) is 0. The van der Waals surface area contributed by atoms with E-state index < -0.39 is 37.4 Å². The third-order valence-electron chi connectivity index (χ3n) is 2.36. The van der Waals surface area contributed by atoms with Crippen molar-refractivity contribution in [3.8, 4) is 0 Å². The number of hydrogen-bond acceptors (Lipinski definition) is 6. The number of azide groups is 1. The fourth-order valence-corrected chi connectivity index (χ4v) is 1.44. The molecule has 8 nitrogen and oxygen atoms in total. The molecule has 0 aromatic heterocycles. The molecule has 0 aromatic carbocycles. The second-order valence-corrected chi connectivity index (χ2v) is 3.49. The van der Waals surface area contributed by atoms with Crippen LogP contribution in [0.3, 0.4) is 0 Å². The first-order valence-electron chi connectivity index (χ1n) is 5.00. The lowest BCUT2D eigenvalue weighted by Crippen LogP contribution is -2.58. The lowest BCUT2D eigenvalue weighted by molar-refractivity contribution is -0.297. The smallest absolute Gasteiger partial charge is 0.186 e. The van der Waals surface area contributed by atoms with E-state index >= 15 is 0 Å². The summed E-state index contributed by atoms with van der Waals surface area (Å²) in [6.45, 7) is -1.04. The maximum Gasteiger partial charge on any atom is 0.186 e. The Morgan fingerprint density at radius 2 is 2.00 bits per heavy atom. The molecular formula is C8H14FN3O5. The van der Waals surface area contributed by atoms with E-state index in [1.807, 2.05) is 0 Å². The van der Waals surface area contributed by atoms with Crippen LogP contribution in [-0.4, -0.2) is 65.9 Å². The van der Waals surface area contributed by atoms with Gasteiger partial charge >= 0.3 is 0 Å². The van der Waals surface area contributed by atoms with E-state index in [9.17, 15) is 19.7 Å². The lowest BCUT2D eigenvalue weighted by Gasteiger charge is -2.39. The maximum absolute atomic E-state index is 12.4. The van der Waals surface area contributed by atoms with Crippen LogP contribution in [-0.2, 0) is 9.47 Å². The van der Waals surface area contributed by atoms with Crippen LogP contribution in [0, 0.1) is 0 Å². The van der Waals surface area contributed by atoms with Gasteiger partial charge in [0.15, 0.2) is 6.29 Å². The second-order valence-electron chi connectivity index (χ2n) is 3.49. The number of ether oxygens (including phenoxy) is 2. The first-order chi connectivity index (χ1) is 8.11. The van der Waals surface area contributed by atoms with Gasteiger partial charge in [0.05, 0.1) is 6.61 Å². The van der Waals surface area contributed by atoms with Crippen molar-refractivity contribution in [3.63, 3.8) is 0 Å². The predicted octanol–water partition coefficient (Wildman–Crippen LogP) is -0.910. The molecule has 98 valence electrons. The molecule has 1 heterocycles. The molecule has 0 amide bonds. The van der Waals surface area contributed by atoms with Crippen LogP contribution in [0.4, 0.5) is 4.39 Å². The molecule has 0 aliphatic carbocycles. The molecule has 0 radical (unpaired) electrons. The first kappa shape index (κ1) is 14.1. The van der Waals surface area contributed by atoms with Gasteiger partial charge in [0, 0.05) is 11.5 Å². The van der Waals surface area contributed by atoms with Gasteiger partial charge in [-0.1, -0.05) is 5.11 Å². The van der Waals surface area contributed by atoms with Gasteiger partial charge in [-0.25, -0.2) is 4.39 Å². The van der Waals surface area contributed by atoms with E-state index in [2.05, 4.69) is 10.0 Å². The number of aliphatic hydroxyl groups excluding tert-OH is 3. The first-order valence-corrected chi connectivity index (χ1v) is 5.00. The fourth-order valence-electron chi connectivity index (χ4n) is 1.44. The van der Waals surface area contributed by atoms with Crippen molar-refractivity contribution < 1.29 is 29.2 Å². The van der Waals surface area contributed by atoms with Gasteiger partial charge in [-0.3, -0.25) is 0 Å². The van der Waals surface area contributed by atoms with Crippen LogP contribution in [0.15, 0.2) is 5.11 Å². The van der Waals surface area contributed by atoms with Gasteiger partial charge in [0.2, 0.25) is 0 Å². The molecule has 9 heteroatoms. The van der Waals surface area contributed by atoms with E-state index in [-0.39, 0.29) is 13.2 Å².